The first-order valence-corrected chi connectivity index (χ1v) is 4.94. The van der Waals surface area contributed by atoms with Gasteiger partial charge in [0.05, 0.1) is 0 Å². The Morgan fingerprint density at radius 1 is 1.69 bits per heavy atom. The highest BCUT2D eigenvalue weighted by Gasteiger charge is 2.20. The second kappa shape index (κ2) is 5.01. The normalized spacial score (nSPS) is 21.0. The van der Waals surface area contributed by atoms with Gasteiger partial charge in [-0.3, -0.25) is 4.79 Å². The molecule has 0 radical (unpaired) electrons. The van der Waals surface area contributed by atoms with E-state index in [1.54, 1.807) is 0 Å². The lowest BCUT2D eigenvalue weighted by Crippen LogP contribution is -2.42. The molecule has 4 nitrogen and oxygen atoms in total. The molecule has 0 aliphatic carbocycles. The highest BCUT2D eigenvalue weighted by atomic mass is 32.1. The number of hydrogen-bond acceptors (Lipinski definition) is 2. The fourth-order valence-corrected chi connectivity index (χ4v) is 1.50. The largest absolute Gasteiger partial charge is 0.363 e. The molecule has 1 fully saturated rings. The van der Waals surface area contributed by atoms with E-state index in [1.165, 1.54) is 0 Å². The number of rotatable bonds is 3. The van der Waals surface area contributed by atoms with Gasteiger partial charge in [0.1, 0.15) is 0 Å². The van der Waals surface area contributed by atoms with Crippen molar-refractivity contribution in [3.05, 3.63) is 0 Å². The van der Waals surface area contributed by atoms with Crippen LogP contribution in [-0.4, -0.2) is 30.2 Å². The standard InChI is InChI=1S/C8H15N3OS/c1-2-9-8(13)10-5-6-3-4-7(12)11-6/h6H,2-5H2,1H3,(H,11,12)(H2,9,10,13). The summed E-state index contributed by atoms with van der Waals surface area (Å²) in [5.41, 5.74) is 0. The maximum atomic E-state index is 10.8. The highest BCUT2D eigenvalue weighted by molar-refractivity contribution is 7.80. The minimum atomic E-state index is 0.140. The zero-order valence-electron chi connectivity index (χ0n) is 7.72. The summed E-state index contributed by atoms with van der Waals surface area (Å²) >= 11 is 4.98. The van der Waals surface area contributed by atoms with Crippen LogP contribution in [0.5, 0.6) is 0 Å². The first-order valence-electron chi connectivity index (χ1n) is 4.53. The van der Waals surface area contributed by atoms with Crippen LogP contribution >= 0.6 is 12.2 Å². The number of carbonyl (C=O) groups is 1. The molecule has 5 heteroatoms. The first-order chi connectivity index (χ1) is 6.22. The van der Waals surface area contributed by atoms with Crippen molar-refractivity contribution in [1.82, 2.24) is 16.0 Å². The van der Waals surface area contributed by atoms with Gasteiger partial charge in [0.15, 0.2) is 5.11 Å². The van der Waals surface area contributed by atoms with E-state index in [-0.39, 0.29) is 11.9 Å². The summed E-state index contributed by atoms with van der Waals surface area (Å²) in [5.74, 6) is 0.140. The van der Waals surface area contributed by atoms with Gasteiger partial charge in [-0.1, -0.05) is 0 Å². The number of hydrogen-bond donors (Lipinski definition) is 3. The summed E-state index contributed by atoms with van der Waals surface area (Å²) in [4.78, 5) is 10.8. The third kappa shape index (κ3) is 3.59. The lowest BCUT2D eigenvalue weighted by molar-refractivity contribution is -0.119. The maximum Gasteiger partial charge on any atom is 0.220 e. The monoisotopic (exact) mass is 201 g/mol. The SMILES string of the molecule is CCNC(=S)NCC1CCC(=O)N1. The third-order valence-corrected chi connectivity index (χ3v) is 2.22. The van der Waals surface area contributed by atoms with Crippen LogP contribution < -0.4 is 16.0 Å². The minimum absolute atomic E-state index is 0.140. The number of nitrogens with one attached hydrogen (secondary N) is 3. The summed E-state index contributed by atoms with van der Waals surface area (Å²) in [6.07, 6.45) is 1.54. The molecule has 74 valence electrons. The Hall–Kier alpha value is -0.840. The van der Waals surface area contributed by atoms with Crippen LogP contribution in [-0.2, 0) is 4.79 Å². The molecule has 0 aromatic carbocycles. The molecule has 1 aliphatic rings. The predicted octanol–water partition coefficient (Wildman–Crippen LogP) is -0.251. The van der Waals surface area contributed by atoms with Crippen molar-refractivity contribution in [2.24, 2.45) is 0 Å². The molecular weight excluding hydrogens is 186 g/mol. The number of carbonyl (C=O) groups excluding carboxylic acids is 1. The Bertz CT molecular complexity index is 208. The quantitative estimate of drug-likeness (QED) is 0.551. The lowest BCUT2D eigenvalue weighted by Gasteiger charge is -2.13. The fraction of sp³-hybridized carbons (Fsp3) is 0.750. The van der Waals surface area contributed by atoms with E-state index in [1.807, 2.05) is 6.92 Å². The van der Waals surface area contributed by atoms with E-state index in [0.29, 0.717) is 11.5 Å². The van der Waals surface area contributed by atoms with Crippen LogP contribution in [0, 0.1) is 0 Å². The number of amides is 1. The highest BCUT2D eigenvalue weighted by Crippen LogP contribution is 2.04. The molecule has 0 bridgehead atoms. The van der Waals surface area contributed by atoms with Gasteiger partial charge in [0.25, 0.3) is 0 Å². The molecule has 1 rings (SSSR count). The lowest BCUT2D eigenvalue weighted by atomic mass is 10.2. The van der Waals surface area contributed by atoms with Gasteiger partial charge in [-0.2, -0.15) is 0 Å². The van der Waals surface area contributed by atoms with E-state index in [2.05, 4.69) is 16.0 Å². The van der Waals surface area contributed by atoms with Gasteiger partial charge in [-0.25, -0.2) is 0 Å². The zero-order chi connectivity index (χ0) is 9.68. The Morgan fingerprint density at radius 3 is 3.00 bits per heavy atom. The number of thiocarbonyl (C=S) groups is 1. The van der Waals surface area contributed by atoms with Gasteiger partial charge in [0.2, 0.25) is 5.91 Å². The predicted molar refractivity (Wildman–Crippen MR) is 55.4 cm³/mol. The van der Waals surface area contributed by atoms with Crippen molar-refractivity contribution >= 4 is 23.2 Å². The van der Waals surface area contributed by atoms with E-state index in [4.69, 9.17) is 12.2 Å². The molecule has 0 saturated carbocycles. The van der Waals surface area contributed by atoms with E-state index >= 15 is 0 Å². The van der Waals surface area contributed by atoms with Gasteiger partial charge in [0, 0.05) is 25.6 Å². The van der Waals surface area contributed by atoms with Crippen LogP contribution in [0.15, 0.2) is 0 Å². The van der Waals surface area contributed by atoms with Crippen molar-refractivity contribution in [3.8, 4) is 0 Å². The Morgan fingerprint density at radius 2 is 2.46 bits per heavy atom. The average Bonchev–Trinajstić information content (AvgIpc) is 2.49. The average molecular weight is 201 g/mol. The molecule has 1 amide bonds. The fourth-order valence-electron chi connectivity index (χ4n) is 1.27. The molecule has 1 saturated heterocycles. The van der Waals surface area contributed by atoms with Gasteiger partial charge in [-0.05, 0) is 25.6 Å². The molecule has 1 atom stereocenters. The van der Waals surface area contributed by atoms with Crippen LogP contribution in [0.4, 0.5) is 0 Å². The molecule has 0 aromatic rings. The van der Waals surface area contributed by atoms with Crippen molar-refractivity contribution in [3.63, 3.8) is 0 Å². The zero-order valence-corrected chi connectivity index (χ0v) is 8.54. The van der Waals surface area contributed by atoms with Gasteiger partial charge >= 0.3 is 0 Å². The maximum absolute atomic E-state index is 10.8. The summed E-state index contributed by atoms with van der Waals surface area (Å²) in [6.45, 7) is 3.53. The van der Waals surface area contributed by atoms with Crippen LogP contribution in [0.1, 0.15) is 19.8 Å². The molecule has 1 unspecified atom stereocenters. The molecule has 1 heterocycles. The van der Waals surface area contributed by atoms with E-state index in [9.17, 15) is 4.79 Å². The minimum Gasteiger partial charge on any atom is -0.363 e. The molecule has 13 heavy (non-hydrogen) atoms. The smallest absolute Gasteiger partial charge is 0.220 e. The summed E-state index contributed by atoms with van der Waals surface area (Å²) < 4.78 is 0. The summed E-state index contributed by atoms with van der Waals surface area (Å²) in [7, 11) is 0. The van der Waals surface area contributed by atoms with Crippen molar-refractivity contribution in [1.29, 1.82) is 0 Å². The van der Waals surface area contributed by atoms with Crippen molar-refractivity contribution in [2.75, 3.05) is 13.1 Å². The van der Waals surface area contributed by atoms with Gasteiger partial charge in [-0.15, -0.1) is 0 Å². The summed E-state index contributed by atoms with van der Waals surface area (Å²) in [5, 5.41) is 9.56. The third-order valence-electron chi connectivity index (χ3n) is 1.93. The van der Waals surface area contributed by atoms with E-state index in [0.717, 1.165) is 19.5 Å². The van der Waals surface area contributed by atoms with Crippen molar-refractivity contribution in [2.45, 2.75) is 25.8 Å². The second-order valence-electron chi connectivity index (χ2n) is 3.04. The molecular formula is C8H15N3OS. The molecule has 0 spiro atoms. The first kappa shape index (κ1) is 10.2. The topological polar surface area (TPSA) is 53.2 Å². The molecule has 0 aromatic heterocycles. The Balaban J connectivity index is 2.12. The molecule has 3 N–H and O–H groups in total. The van der Waals surface area contributed by atoms with Crippen LogP contribution in [0.2, 0.25) is 0 Å². The Kier molecular flexibility index (Phi) is 3.95. The second-order valence-corrected chi connectivity index (χ2v) is 3.45. The molecule has 1 aliphatic heterocycles. The Labute approximate surface area is 83.5 Å². The van der Waals surface area contributed by atoms with Crippen molar-refractivity contribution < 1.29 is 4.79 Å². The van der Waals surface area contributed by atoms with Crippen LogP contribution in [0.25, 0.3) is 0 Å². The summed E-state index contributed by atoms with van der Waals surface area (Å²) in [6, 6.07) is 0.240. The van der Waals surface area contributed by atoms with Crippen LogP contribution in [0.3, 0.4) is 0 Å². The van der Waals surface area contributed by atoms with E-state index < -0.39 is 0 Å². The van der Waals surface area contributed by atoms with Gasteiger partial charge < -0.3 is 16.0 Å².